The molecule has 0 spiro atoms. The lowest BCUT2D eigenvalue weighted by atomic mass is 10.1. The molecule has 0 saturated heterocycles. The van der Waals surface area contributed by atoms with Crippen LogP contribution in [0.4, 0.5) is 16.2 Å². The number of benzene rings is 1. The lowest BCUT2D eigenvalue weighted by Crippen LogP contribution is -2.27. The van der Waals surface area contributed by atoms with Crippen LogP contribution < -0.4 is 5.32 Å². The summed E-state index contributed by atoms with van der Waals surface area (Å²) in [6.45, 7) is 5.16. The molecular weight excluding hydrogens is 276 g/mol. The Morgan fingerprint density at radius 2 is 2.00 bits per heavy atom. The van der Waals surface area contributed by atoms with Gasteiger partial charge in [0.05, 0.1) is 18.4 Å². The van der Waals surface area contributed by atoms with Crippen LogP contribution in [0.25, 0.3) is 10.4 Å². The molecule has 0 aromatic heterocycles. The highest BCUT2D eigenvalue weighted by Gasteiger charge is 2.19. The third kappa shape index (κ3) is 5.04. The second-order valence-corrected chi connectivity index (χ2v) is 5.04. The third-order valence-electron chi connectivity index (χ3n) is 2.20. The number of anilines is 1. The number of azide groups is 1. The molecule has 8 heteroatoms. The molecule has 0 saturated carbocycles. The Labute approximate surface area is 121 Å². The first-order valence-electron chi connectivity index (χ1n) is 6.04. The largest absolute Gasteiger partial charge is 0.465 e. The number of carbonyl (C=O) groups is 2. The van der Waals surface area contributed by atoms with Gasteiger partial charge < -0.3 is 9.47 Å². The van der Waals surface area contributed by atoms with Crippen molar-refractivity contribution in [2.24, 2.45) is 5.11 Å². The maximum absolute atomic E-state index is 11.7. The van der Waals surface area contributed by atoms with E-state index in [1.807, 2.05) is 0 Å². The summed E-state index contributed by atoms with van der Waals surface area (Å²) in [4.78, 5) is 26.1. The predicted octanol–water partition coefficient (Wildman–Crippen LogP) is 3.76. The van der Waals surface area contributed by atoms with Crippen LogP contribution in [0.2, 0.25) is 0 Å². The summed E-state index contributed by atoms with van der Waals surface area (Å²) in [5, 5.41) is 5.85. The molecular formula is C13H16N4O4. The van der Waals surface area contributed by atoms with Crippen LogP contribution in [0.5, 0.6) is 0 Å². The molecule has 1 aromatic rings. The van der Waals surface area contributed by atoms with Crippen molar-refractivity contribution in [1.29, 1.82) is 0 Å². The summed E-state index contributed by atoms with van der Waals surface area (Å²) >= 11 is 0. The summed E-state index contributed by atoms with van der Waals surface area (Å²) in [6.07, 6.45) is -0.704. The Bertz CT molecular complexity index is 601. The number of nitrogens with one attached hydrogen (secondary N) is 1. The van der Waals surface area contributed by atoms with Gasteiger partial charge in [-0.1, -0.05) is 11.2 Å². The Kier molecular flexibility index (Phi) is 5.15. The number of amides is 1. The molecule has 0 fully saturated rings. The molecule has 0 aliphatic rings. The predicted molar refractivity (Wildman–Crippen MR) is 76.4 cm³/mol. The standard InChI is InChI=1S/C13H16N4O4/c1-13(2,3)21-12(19)15-10-6-5-8(16-17-14)7-9(10)11(18)20-4/h5-7H,1-4H3,(H,15,19). The Balaban J connectivity index is 3.08. The molecule has 112 valence electrons. The molecule has 1 rings (SSSR count). The lowest BCUT2D eigenvalue weighted by molar-refractivity contribution is 0.0602. The van der Waals surface area contributed by atoms with Gasteiger partial charge in [0.1, 0.15) is 5.60 Å². The van der Waals surface area contributed by atoms with Crippen LogP contribution in [0.15, 0.2) is 23.3 Å². The smallest absolute Gasteiger partial charge is 0.412 e. The zero-order valence-electron chi connectivity index (χ0n) is 12.2. The maximum Gasteiger partial charge on any atom is 0.412 e. The summed E-state index contributed by atoms with van der Waals surface area (Å²) in [5.74, 6) is -0.670. The van der Waals surface area contributed by atoms with Crippen molar-refractivity contribution in [3.63, 3.8) is 0 Å². The molecule has 0 radical (unpaired) electrons. The number of nitrogens with zero attached hydrogens (tertiary/aromatic N) is 3. The fourth-order valence-electron chi connectivity index (χ4n) is 1.45. The van der Waals surface area contributed by atoms with Crippen molar-refractivity contribution in [1.82, 2.24) is 0 Å². The van der Waals surface area contributed by atoms with Crippen molar-refractivity contribution < 1.29 is 19.1 Å². The highest BCUT2D eigenvalue weighted by molar-refractivity contribution is 6.00. The molecule has 8 nitrogen and oxygen atoms in total. The van der Waals surface area contributed by atoms with Crippen LogP contribution in [0.3, 0.4) is 0 Å². The minimum atomic E-state index is -0.704. The van der Waals surface area contributed by atoms with Gasteiger partial charge in [0.2, 0.25) is 0 Å². The quantitative estimate of drug-likeness (QED) is 0.395. The maximum atomic E-state index is 11.7. The van der Waals surface area contributed by atoms with Crippen LogP contribution >= 0.6 is 0 Å². The summed E-state index contributed by atoms with van der Waals surface area (Å²) < 4.78 is 9.73. The van der Waals surface area contributed by atoms with E-state index < -0.39 is 17.7 Å². The van der Waals surface area contributed by atoms with Crippen LogP contribution in [-0.4, -0.2) is 24.8 Å². The highest BCUT2D eigenvalue weighted by atomic mass is 16.6. The minimum Gasteiger partial charge on any atom is -0.465 e. The van der Waals surface area contributed by atoms with Crippen LogP contribution in [0.1, 0.15) is 31.1 Å². The Morgan fingerprint density at radius 3 is 2.52 bits per heavy atom. The SMILES string of the molecule is COC(=O)c1cc(N=[N+]=[N-])ccc1NC(=O)OC(C)(C)C. The van der Waals surface area contributed by atoms with E-state index in [1.165, 1.54) is 25.3 Å². The van der Waals surface area contributed by atoms with Gasteiger partial charge in [0, 0.05) is 10.6 Å². The summed E-state index contributed by atoms with van der Waals surface area (Å²) in [7, 11) is 1.21. The number of hydrogen-bond donors (Lipinski definition) is 1. The number of methoxy groups -OCH3 is 1. The summed E-state index contributed by atoms with van der Waals surface area (Å²) in [6, 6.07) is 4.21. The van der Waals surface area contributed by atoms with Crippen molar-refractivity contribution in [3.8, 4) is 0 Å². The van der Waals surface area contributed by atoms with Gasteiger partial charge in [-0.2, -0.15) is 0 Å². The average molecular weight is 292 g/mol. The van der Waals surface area contributed by atoms with E-state index in [9.17, 15) is 9.59 Å². The number of hydrogen-bond acceptors (Lipinski definition) is 5. The van der Waals surface area contributed by atoms with E-state index in [2.05, 4.69) is 20.1 Å². The second kappa shape index (κ2) is 6.62. The van der Waals surface area contributed by atoms with Gasteiger partial charge in [-0.25, -0.2) is 9.59 Å². The van der Waals surface area contributed by atoms with Crippen molar-refractivity contribution in [2.75, 3.05) is 12.4 Å². The zero-order valence-corrected chi connectivity index (χ0v) is 12.2. The molecule has 0 unspecified atom stereocenters. The summed E-state index contributed by atoms with van der Waals surface area (Å²) in [5.41, 5.74) is 8.23. The average Bonchev–Trinajstić information content (AvgIpc) is 2.37. The van der Waals surface area contributed by atoms with E-state index in [0.717, 1.165) is 0 Å². The van der Waals surface area contributed by atoms with Crippen LogP contribution in [0, 0.1) is 0 Å². The van der Waals surface area contributed by atoms with Gasteiger partial charge in [0.15, 0.2) is 0 Å². The fourth-order valence-corrected chi connectivity index (χ4v) is 1.45. The van der Waals surface area contributed by atoms with Gasteiger partial charge in [-0.05, 0) is 38.4 Å². The van der Waals surface area contributed by atoms with Gasteiger partial charge in [-0.3, -0.25) is 5.32 Å². The first-order valence-corrected chi connectivity index (χ1v) is 6.04. The molecule has 0 aliphatic carbocycles. The molecule has 0 bridgehead atoms. The molecule has 21 heavy (non-hydrogen) atoms. The minimum absolute atomic E-state index is 0.0632. The van der Waals surface area contributed by atoms with Gasteiger partial charge >= 0.3 is 12.1 Å². The molecule has 1 amide bonds. The van der Waals surface area contributed by atoms with Gasteiger partial charge in [0.25, 0.3) is 0 Å². The molecule has 0 heterocycles. The second-order valence-electron chi connectivity index (χ2n) is 5.04. The number of esters is 1. The Hall–Kier alpha value is -2.73. The molecule has 1 N–H and O–H groups in total. The van der Waals surface area contributed by atoms with Crippen molar-refractivity contribution >= 4 is 23.4 Å². The van der Waals surface area contributed by atoms with E-state index in [-0.39, 0.29) is 16.9 Å². The van der Waals surface area contributed by atoms with E-state index in [4.69, 9.17) is 10.3 Å². The first kappa shape index (κ1) is 16.3. The number of ether oxygens (including phenoxy) is 2. The van der Waals surface area contributed by atoms with Crippen molar-refractivity contribution in [3.05, 3.63) is 34.2 Å². The molecule has 0 atom stereocenters. The van der Waals surface area contributed by atoms with Crippen molar-refractivity contribution in [2.45, 2.75) is 26.4 Å². The lowest BCUT2D eigenvalue weighted by Gasteiger charge is -2.20. The molecule has 1 aromatic carbocycles. The highest BCUT2D eigenvalue weighted by Crippen LogP contribution is 2.24. The van der Waals surface area contributed by atoms with Crippen LogP contribution in [-0.2, 0) is 9.47 Å². The van der Waals surface area contributed by atoms with E-state index in [0.29, 0.717) is 0 Å². The normalized spacial score (nSPS) is 10.3. The van der Waals surface area contributed by atoms with E-state index >= 15 is 0 Å². The zero-order chi connectivity index (χ0) is 16.0. The monoisotopic (exact) mass is 292 g/mol. The Morgan fingerprint density at radius 1 is 1.33 bits per heavy atom. The van der Waals surface area contributed by atoms with Gasteiger partial charge in [-0.15, -0.1) is 0 Å². The number of rotatable bonds is 3. The third-order valence-corrected chi connectivity index (χ3v) is 2.20. The number of carbonyl (C=O) groups excluding carboxylic acids is 2. The molecule has 0 aliphatic heterocycles. The first-order chi connectivity index (χ1) is 9.76. The topological polar surface area (TPSA) is 113 Å². The fraction of sp³-hybridized carbons (Fsp3) is 0.385. The van der Waals surface area contributed by atoms with E-state index in [1.54, 1.807) is 20.8 Å².